The first-order valence-electron chi connectivity index (χ1n) is 22.3. The van der Waals surface area contributed by atoms with Crippen LogP contribution in [0.15, 0.2) is 60.7 Å². The summed E-state index contributed by atoms with van der Waals surface area (Å²) < 4.78 is 10.7. The van der Waals surface area contributed by atoms with Gasteiger partial charge in [-0.15, -0.1) is 0 Å². The second-order valence-electron chi connectivity index (χ2n) is 18.7. The molecule has 4 aliphatic rings. The largest absolute Gasteiger partial charge is 0.444 e. The predicted octanol–water partition coefficient (Wildman–Crippen LogP) is 3.89. The van der Waals surface area contributed by atoms with E-state index < -0.39 is 65.6 Å². The first kappa shape index (κ1) is 48.2. The second-order valence-corrected chi connectivity index (χ2v) is 18.7. The summed E-state index contributed by atoms with van der Waals surface area (Å²) in [6.45, 7) is 5.63. The van der Waals surface area contributed by atoms with Gasteiger partial charge in [0.25, 0.3) is 0 Å². The topological polar surface area (TPSA) is 269 Å². The molecule has 4 fully saturated rings. The van der Waals surface area contributed by atoms with Crippen LogP contribution >= 0.6 is 0 Å². The first-order valence-corrected chi connectivity index (χ1v) is 22.3. The van der Waals surface area contributed by atoms with Gasteiger partial charge in [0.15, 0.2) is 5.96 Å². The second kappa shape index (κ2) is 22.5. The van der Waals surface area contributed by atoms with Crippen LogP contribution in [0.1, 0.15) is 103 Å². The number of carbonyl (C=O) groups excluding carboxylic acids is 6. The molecule has 0 unspecified atom stereocenters. The van der Waals surface area contributed by atoms with Crippen molar-refractivity contribution in [2.75, 3.05) is 13.1 Å². The van der Waals surface area contributed by atoms with Gasteiger partial charge in [0.05, 0.1) is 0 Å². The molecule has 6 rings (SSSR count). The highest BCUT2D eigenvalue weighted by atomic mass is 16.6. The zero-order valence-corrected chi connectivity index (χ0v) is 36.8. The standard InChI is InChI=1S/C46H67N9O8/c1-45(2,3)63-44(61)55-36(24-29-13-6-4-7-14-29)40(58)53-35(18-12-20-50-42(48)49)39(57)54-37(28-46-25-30-21-31(26-46)23-32(22-30)27-46)41(59)52-34(38(47)56)17-10-11-19-51-43(60)62-33-15-8-5-9-16-33/h4-9,13-16,30-32,34-37H,10-12,17-28H2,1-3H3,(H2,47,56)(H,51,60)(H,52,59)(H,53,58)(H,54,57)(H,55,61)(H4,48,49,50)/t30?,31?,32?,34-,35+,36-,37-,46?/m0/s1. The Morgan fingerprint density at radius 3 is 1.78 bits per heavy atom. The number of nitrogens with two attached hydrogens (primary N) is 2. The van der Waals surface area contributed by atoms with Crippen molar-refractivity contribution in [3.05, 3.63) is 66.2 Å². The molecule has 4 saturated carbocycles. The monoisotopic (exact) mass is 874 g/mol. The number of hydrogen-bond acceptors (Lipinski definition) is 9. The van der Waals surface area contributed by atoms with Crippen molar-refractivity contribution in [1.82, 2.24) is 31.9 Å². The quantitative estimate of drug-likeness (QED) is 0.0468. The van der Waals surface area contributed by atoms with Gasteiger partial charge in [-0.05, 0) is 139 Å². The molecule has 0 aliphatic heterocycles. The average molecular weight is 874 g/mol. The van der Waals surface area contributed by atoms with Crippen molar-refractivity contribution >= 4 is 41.8 Å². The Kier molecular flexibility index (Phi) is 17.2. The lowest BCUT2D eigenvalue weighted by Gasteiger charge is -2.57. The van der Waals surface area contributed by atoms with Gasteiger partial charge < -0.3 is 52.8 Å². The number of ether oxygens (including phenoxy) is 2. The van der Waals surface area contributed by atoms with E-state index in [0.717, 1.165) is 24.8 Å². The number of para-hydroxylation sites is 1. The van der Waals surface area contributed by atoms with E-state index in [-0.39, 0.29) is 43.7 Å². The summed E-state index contributed by atoms with van der Waals surface area (Å²) in [6, 6.07) is 13.4. The summed E-state index contributed by atoms with van der Waals surface area (Å²) in [5.41, 5.74) is 11.1. The molecule has 6 amide bonds. The molecule has 2 aromatic rings. The molecule has 0 aromatic heterocycles. The van der Waals surface area contributed by atoms with Crippen molar-refractivity contribution in [3.8, 4) is 5.75 Å². The van der Waals surface area contributed by atoms with Gasteiger partial charge in [-0.2, -0.15) is 0 Å². The summed E-state index contributed by atoms with van der Waals surface area (Å²) in [4.78, 5) is 81.0. The summed E-state index contributed by atoms with van der Waals surface area (Å²) >= 11 is 0. The number of carbonyl (C=O) groups is 6. The highest BCUT2D eigenvalue weighted by Crippen LogP contribution is 2.61. The third-order valence-corrected chi connectivity index (χ3v) is 12.1. The third kappa shape index (κ3) is 15.8. The van der Waals surface area contributed by atoms with E-state index >= 15 is 0 Å². The Balaban J connectivity index is 1.30. The summed E-state index contributed by atoms with van der Waals surface area (Å²) in [6.07, 6.45) is 6.96. The van der Waals surface area contributed by atoms with Crippen LogP contribution in [0.3, 0.4) is 0 Å². The molecule has 63 heavy (non-hydrogen) atoms. The van der Waals surface area contributed by atoms with Crippen LogP contribution in [0.25, 0.3) is 0 Å². The Bertz CT molecular complexity index is 1860. The van der Waals surface area contributed by atoms with Crippen molar-refractivity contribution in [3.63, 3.8) is 0 Å². The Labute approximate surface area is 370 Å². The van der Waals surface area contributed by atoms with E-state index in [1.807, 2.05) is 36.4 Å². The minimum absolute atomic E-state index is 0.102. The van der Waals surface area contributed by atoms with Gasteiger partial charge in [0.2, 0.25) is 23.6 Å². The summed E-state index contributed by atoms with van der Waals surface area (Å²) in [5.74, 6) is -0.689. The van der Waals surface area contributed by atoms with Crippen LogP contribution in [-0.4, -0.2) is 84.6 Å². The maximum Gasteiger partial charge on any atom is 0.412 e. The van der Waals surface area contributed by atoms with E-state index in [4.69, 9.17) is 26.4 Å². The number of amides is 6. The van der Waals surface area contributed by atoms with Gasteiger partial charge in [-0.3, -0.25) is 24.6 Å². The highest BCUT2D eigenvalue weighted by molar-refractivity contribution is 5.95. The van der Waals surface area contributed by atoms with Gasteiger partial charge in [0, 0.05) is 19.5 Å². The zero-order chi connectivity index (χ0) is 45.6. The van der Waals surface area contributed by atoms with E-state index in [2.05, 4.69) is 31.9 Å². The Morgan fingerprint density at radius 1 is 0.667 bits per heavy atom. The van der Waals surface area contributed by atoms with Gasteiger partial charge in [0.1, 0.15) is 35.5 Å². The Hall–Kier alpha value is -5.87. The fourth-order valence-corrected chi connectivity index (χ4v) is 9.89. The molecule has 0 spiro atoms. The van der Waals surface area contributed by atoms with Gasteiger partial charge in [-0.1, -0.05) is 48.5 Å². The molecule has 4 bridgehead atoms. The van der Waals surface area contributed by atoms with Crippen LogP contribution in [0.4, 0.5) is 9.59 Å². The maximum atomic E-state index is 14.5. The van der Waals surface area contributed by atoms with Crippen LogP contribution in [0, 0.1) is 28.6 Å². The molecule has 0 heterocycles. The number of primary amides is 1. The molecule has 4 atom stereocenters. The van der Waals surface area contributed by atoms with Crippen LogP contribution in [-0.2, 0) is 30.3 Å². The van der Waals surface area contributed by atoms with Crippen LogP contribution < -0.4 is 48.1 Å². The van der Waals surface area contributed by atoms with Crippen LogP contribution in [0.5, 0.6) is 5.75 Å². The van der Waals surface area contributed by atoms with Crippen molar-refractivity contribution in [2.24, 2.45) is 34.6 Å². The number of unbranched alkanes of at least 4 members (excludes halogenated alkanes) is 1. The lowest BCUT2D eigenvalue weighted by atomic mass is 9.48. The van der Waals surface area contributed by atoms with Gasteiger partial charge in [-0.25, -0.2) is 9.59 Å². The summed E-state index contributed by atoms with van der Waals surface area (Å²) in [7, 11) is 0. The predicted molar refractivity (Wildman–Crippen MR) is 237 cm³/mol. The zero-order valence-electron chi connectivity index (χ0n) is 36.8. The number of nitrogens with one attached hydrogen (secondary N) is 7. The van der Waals surface area contributed by atoms with Crippen molar-refractivity contribution in [2.45, 2.75) is 134 Å². The third-order valence-electron chi connectivity index (χ3n) is 12.1. The molecule has 2 aromatic carbocycles. The van der Waals surface area contributed by atoms with Crippen LogP contribution in [0.2, 0.25) is 0 Å². The molecule has 0 radical (unpaired) electrons. The number of guanidine groups is 1. The molecular weight excluding hydrogens is 807 g/mol. The SMILES string of the molecule is CC(C)(C)OC(=O)N[C@@H](Cc1ccccc1)C(=O)N[C@H](CCCNC(=N)N)C(=O)N[C@@H](CC12CC3CC(CC(C3)C1)C2)C(=O)N[C@@H](CCCCNC(=O)Oc1ccccc1)C(N)=O. The van der Waals surface area contributed by atoms with Gasteiger partial charge >= 0.3 is 12.2 Å². The number of rotatable bonds is 22. The fourth-order valence-electron chi connectivity index (χ4n) is 9.89. The lowest BCUT2D eigenvalue weighted by molar-refractivity contribution is -0.136. The smallest absolute Gasteiger partial charge is 0.412 e. The fraction of sp³-hybridized carbons (Fsp3) is 0.587. The van der Waals surface area contributed by atoms with Crippen molar-refractivity contribution in [1.29, 1.82) is 5.41 Å². The lowest BCUT2D eigenvalue weighted by Crippen LogP contribution is -2.60. The Morgan fingerprint density at radius 2 is 1.19 bits per heavy atom. The minimum Gasteiger partial charge on any atom is -0.444 e. The van der Waals surface area contributed by atoms with E-state index in [0.29, 0.717) is 49.2 Å². The normalized spacial score (nSPS) is 21.7. The average Bonchev–Trinajstić information content (AvgIpc) is 3.20. The molecule has 344 valence electrons. The molecule has 17 heteroatoms. The summed E-state index contributed by atoms with van der Waals surface area (Å²) in [5, 5.41) is 24.3. The molecule has 17 nitrogen and oxygen atoms in total. The molecular formula is C46H67N9O8. The first-order chi connectivity index (χ1) is 30.0. The maximum absolute atomic E-state index is 14.5. The van der Waals surface area contributed by atoms with E-state index in [1.54, 1.807) is 45.0 Å². The molecule has 11 N–H and O–H groups in total. The van der Waals surface area contributed by atoms with E-state index in [9.17, 15) is 28.8 Å². The molecule has 0 saturated heterocycles. The van der Waals surface area contributed by atoms with E-state index in [1.165, 1.54) is 19.3 Å². The highest BCUT2D eigenvalue weighted by Gasteiger charge is 2.52. The minimum atomic E-state index is -1.16. The van der Waals surface area contributed by atoms with Crippen molar-refractivity contribution < 1.29 is 38.2 Å². The number of benzene rings is 2. The molecule has 4 aliphatic carbocycles. The number of hydrogen-bond donors (Lipinski definition) is 9. The number of alkyl carbamates (subject to hydrolysis) is 1.